The van der Waals surface area contributed by atoms with Crippen LogP contribution in [0.3, 0.4) is 0 Å². The van der Waals surface area contributed by atoms with Crippen molar-refractivity contribution >= 4 is 38.0 Å². The third-order valence-electron chi connectivity index (χ3n) is 7.20. The molecular weight excluding hydrogens is 450 g/mol. The molecule has 170 valence electrons. The normalized spacial score (nSPS) is 11.2. The van der Waals surface area contributed by atoms with Gasteiger partial charge in [0.15, 0.2) is 0 Å². The molecule has 3 nitrogen and oxygen atoms in total. The molecule has 7 rings (SSSR count). The van der Waals surface area contributed by atoms with Crippen molar-refractivity contribution in [2.24, 2.45) is 0 Å². The van der Waals surface area contributed by atoms with E-state index in [-0.39, 0.29) is 0 Å². The summed E-state index contributed by atoms with van der Waals surface area (Å²) in [6.45, 7) is 0. The van der Waals surface area contributed by atoms with Crippen molar-refractivity contribution in [1.82, 2.24) is 4.40 Å². The highest BCUT2D eigenvalue weighted by molar-refractivity contribution is 6.20. The molecule has 0 amide bonds. The van der Waals surface area contributed by atoms with Gasteiger partial charge in [-0.3, -0.25) is 0 Å². The molecule has 5 aromatic carbocycles. The zero-order valence-corrected chi connectivity index (χ0v) is 19.8. The van der Waals surface area contributed by atoms with Crippen molar-refractivity contribution in [2.45, 2.75) is 0 Å². The van der Waals surface area contributed by atoms with Crippen molar-refractivity contribution < 1.29 is 0 Å². The summed E-state index contributed by atoms with van der Waals surface area (Å²) in [4.78, 5) is 0. The van der Waals surface area contributed by atoms with Crippen molar-refractivity contribution in [2.75, 3.05) is 0 Å². The first-order chi connectivity index (χ1) is 18.3. The molecule has 0 bridgehead atoms. The highest BCUT2D eigenvalue weighted by Crippen LogP contribution is 2.42. The first-order valence-electron chi connectivity index (χ1n) is 12.2. The van der Waals surface area contributed by atoms with Crippen LogP contribution in [0.2, 0.25) is 0 Å². The van der Waals surface area contributed by atoms with Crippen LogP contribution in [-0.4, -0.2) is 4.40 Å². The van der Waals surface area contributed by atoms with E-state index in [2.05, 4.69) is 89.3 Å². The van der Waals surface area contributed by atoms with E-state index >= 15 is 0 Å². The summed E-state index contributed by atoms with van der Waals surface area (Å²) in [6.07, 6.45) is 0. The molecular formula is C34H19N3. The summed E-state index contributed by atoms with van der Waals surface area (Å²) in [5.74, 6) is 0. The topological polar surface area (TPSA) is 52.0 Å². The summed E-state index contributed by atoms with van der Waals surface area (Å²) in [5.41, 5.74) is 7.16. The molecule has 0 radical (unpaired) electrons. The van der Waals surface area contributed by atoms with Crippen molar-refractivity contribution in [3.8, 4) is 34.5 Å². The molecule has 0 atom stereocenters. The Hall–Kier alpha value is -5.38. The lowest BCUT2D eigenvalue weighted by Crippen LogP contribution is -1.96. The molecule has 2 aromatic heterocycles. The molecule has 0 aliphatic rings. The fourth-order valence-electron chi connectivity index (χ4n) is 5.52. The Morgan fingerprint density at radius 3 is 1.73 bits per heavy atom. The van der Waals surface area contributed by atoms with Crippen LogP contribution in [-0.2, 0) is 0 Å². The summed E-state index contributed by atoms with van der Waals surface area (Å²) in [7, 11) is 0. The molecule has 0 spiro atoms. The second kappa shape index (κ2) is 8.09. The first-order valence-corrected chi connectivity index (χ1v) is 12.2. The standard InChI is InChI=1S/C34H19N3/c35-20-26-17-30-29-15-24-13-7-8-14-25(24)16-31(29)34-28(22-9-3-1-4-10-22)19-32(23-11-5-2-6-12-23)37(34)33(30)18-27(26)21-36/h1-19H. The summed E-state index contributed by atoms with van der Waals surface area (Å²) >= 11 is 0. The maximum atomic E-state index is 9.89. The average Bonchev–Trinajstić information content (AvgIpc) is 3.37. The molecule has 7 aromatic rings. The lowest BCUT2D eigenvalue weighted by atomic mass is 9.95. The number of pyridine rings is 1. The van der Waals surface area contributed by atoms with Crippen LogP contribution in [0.15, 0.2) is 115 Å². The molecule has 37 heavy (non-hydrogen) atoms. The quantitative estimate of drug-likeness (QED) is 0.188. The Labute approximate surface area is 213 Å². The molecule has 3 heteroatoms. The average molecular weight is 470 g/mol. The third-order valence-corrected chi connectivity index (χ3v) is 7.20. The fraction of sp³-hybridized carbons (Fsp3) is 0. The largest absolute Gasteiger partial charge is 0.308 e. The highest BCUT2D eigenvalue weighted by Gasteiger charge is 2.20. The molecule has 0 saturated heterocycles. The second-order valence-corrected chi connectivity index (χ2v) is 9.24. The van der Waals surface area contributed by atoms with Crippen LogP contribution in [0.1, 0.15) is 11.1 Å². The minimum Gasteiger partial charge on any atom is -0.308 e. The monoisotopic (exact) mass is 469 g/mol. The SMILES string of the molecule is N#Cc1cc2c3cc4ccccc4cc3c3c(-c4ccccc4)cc(-c4ccccc4)n3c2cc1C#N. The van der Waals surface area contributed by atoms with Gasteiger partial charge in [-0.25, -0.2) is 0 Å². The molecule has 0 N–H and O–H groups in total. The number of nitrogens with zero attached hydrogens (tertiary/aromatic N) is 3. The van der Waals surface area contributed by atoms with Crippen LogP contribution < -0.4 is 0 Å². The Kier molecular flexibility index (Phi) is 4.58. The lowest BCUT2D eigenvalue weighted by Gasteiger charge is -2.15. The molecule has 0 aliphatic heterocycles. The van der Waals surface area contributed by atoms with Gasteiger partial charge in [0.2, 0.25) is 0 Å². The fourth-order valence-corrected chi connectivity index (χ4v) is 5.52. The van der Waals surface area contributed by atoms with Gasteiger partial charge in [-0.1, -0.05) is 84.9 Å². The maximum absolute atomic E-state index is 9.89. The van der Waals surface area contributed by atoms with Crippen molar-refractivity contribution in [1.29, 1.82) is 10.5 Å². The van der Waals surface area contributed by atoms with Crippen LogP contribution >= 0.6 is 0 Å². The number of nitriles is 2. The first kappa shape index (κ1) is 20.9. The van der Waals surface area contributed by atoms with E-state index in [1.165, 1.54) is 0 Å². The van der Waals surface area contributed by atoms with Gasteiger partial charge in [0.05, 0.1) is 27.9 Å². The number of aromatic nitrogens is 1. The van der Waals surface area contributed by atoms with Gasteiger partial charge in [0, 0.05) is 16.3 Å². The van der Waals surface area contributed by atoms with Crippen LogP contribution in [0.25, 0.3) is 60.3 Å². The van der Waals surface area contributed by atoms with E-state index < -0.39 is 0 Å². The zero-order valence-electron chi connectivity index (χ0n) is 19.8. The van der Waals surface area contributed by atoms with E-state index in [0.717, 1.165) is 60.3 Å². The Morgan fingerprint density at radius 1 is 0.514 bits per heavy atom. The number of hydrogen-bond donors (Lipinski definition) is 0. The van der Waals surface area contributed by atoms with Gasteiger partial charge < -0.3 is 4.40 Å². The van der Waals surface area contributed by atoms with Crippen molar-refractivity contribution in [3.05, 3.63) is 126 Å². The van der Waals surface area contributed by atoms with Crippen LogP contribution in [0.5, 0.6) is 0 Å². The van der Waals surface area contributed by atoms with E-state index in [1.54, 1.807) is 0 Å². The second-order valence-electron chi connectivity index (χ2n) is 9.24. The maximum Gasteiger partial charge on any atom is 0.101 e. The number of hydrogen-bond acceptors (Lipinski definition) is 2. The smallest absolute Gasteiger partial charge is 0.101 e. The van der Waals surface area contributed by atoms with E-state index in [1.807, 2.05) is 42.5 Å². The van der Waals surface area contributed by atoms with Gasteiger partial charge in [-0.2, -0.15) is 10.5 Å². The van der Waals surface area contributed by atoms with E-state index in [4.69, 9.17) is 0 Å². The summed E-state index contributed by atoms with van der Waals surface area (Å²) < 4.78 is 2.27. The number of fused-ring (bicyclic) bond motifs is 7. The Balaban J connectivity index is 1.80. The number of benzene rings is 5. The summed E-state index contributed by atoms with van der Waals surface area (Å²) in [6, 6.07) is 44.1. The molecule has 2 heterocycles. The van der Waals surface area contributed by atoms with Crippen LogP contribution in [0.4, 0.5) is 0 Å². The van der Waals surface area contributed by atoms with Crippen molar-refractivity contribution in [3.63, 3.8) is 0 Å². The minimum absolute atomic E-state index is 0.380. The highest BCUT2D eigenvalue weighted by atomic mass is 14.9. The lowest BCUT2D eigenvalue weighted by molar-refractivity contribution is 1.28. The van der Waals surface area contributed by atoms with Crippen LogP contribution in [0, 0.1) is 22.7 Å². The van der Waals surface area contributed by atoms with E-state index in [9.17, 15) is 10.5 Å². The molecule has 0 fully saturated rings. The number of rotatable bonds is 2. The van der Waals surface area contributed by atoms with Gasteiger partial charge >= 0.3 is 0 Å². The van der Waals surface area contributed by atoms with Gasteiger partial charge in [-0.15, -0.1) is 0 Å². The Bertz CT molecular complexity index is 2090. The predicted octanol–water partition coefficient (Wildman–Crippen LogP) is 8.48. The van der Waals surface area contributed by atoms with Gasteiger partial charge in [-0.05, 0) is 57.6 Å². The Morgan fingerprint density at radius 2 is 1.08 bits per heavy atom. The molecule has 0 aliphatic carbocycles. The van der Waals surface area contributed by atoms with Gasteiger partial charge in [0.1, 0.15) is 12.1 Å². The van der Waals surface area contributed by atoms with E-state index in [0.29, 0.717) is 11.1 Å². The molecule has 0 saturated carbocycles. The molecule has 0 unspecified atom stereocenters. The predicted molar refractivity (Wildman–Crippen MR) is 150 cm³/mol. The third kappa shape index (κ3) is 3.12. The zero-order chi connectivity index (χ0) is 24.9. The minimum atomic E-state index is 0.380. The summed E-state index contributed by atoms with van der Waals surface area (Å²) in [5, 5.41) is 25.2. The van der Waals surface area contributed by atoms with Gasteiger partial charge in [0.25, 0.3) is 0 Å².